The number of ketones is 1. The molecule has 1 aliphatic heterocycles. The van der Waals surface area contributed by atoms with E-state index < -0.39 is 41.3 Å². The summed E-state index contributed by atoms with van der Waals surface area (Å²) in [5, 5.41) is 2.64. The summed E-state index contributed by atoms with van der Waals surface area (Å²) in [6.07, 6.45) is 1.75. The quantitative estimate of drug-likeness (QED) is 0.832. The summed E-state index contributed by atoms with van der Waals surface area (Å²) in [5.41, 5.74) is -0.668. The highest BCUT2D eigenvalue weighted by molar-refractivity contribution is 6.52. The van der Waals surface area contributed by atoms with E-state index in [-0.39, 0.29) is 11.7 Å². The topological polar surface area (TPSA) is 66.5 Å². The molecule has 20 heavy (non-hydrogen) atoms. The highest BCUT2D eigenvalue weighted by Gasteiger charge is 2.40. The second-order valence-corrected chi connectivity index (χ2v) is 4.84. The van der Waals surface area contributed by atoms with E-state index in [0.717, 1.165) is 23.8 Å². The highest BCUT2D eigenvalue weighted by atomic mass is 19.1. The largest absolute Gasteiger partial charge is 0.352 e. The van der Waals surface area contributed by atoms with Crippen LogP contribution in [0.25, 0.3) is 0 Å². The van der Waals surface area contributed by atoms with Crippen molar-refractivity contribution in [3.8, 4) is 0 Å². The van der Waals surface area contributed by atoms with E-state index in [4.69, 9.17) is 0 Å². The Balaban J connectivity index is 1.90. The van der Waals surface area contributed by atoms with Crippen LogP contribution in [0.5, 0.6) is 0 Å². The summed E-state index contributed by atoms with van der Waals surface area (Å²) in [5.74, 6) is -4.53. The third kappa shape index (κ3) is 2.04. The van der Waals surface area contributed by atoms with Gasteiger partial charge >= 0.3 is 0 Å². The minimum absolute atomic E-state index is 0.0969. The molecular weight excluding hydrogens is 270 g/mol. The lowest BCUT2D eigenvalue weighted by Gasteiger charge is -2.16. The Morgan fingerprint density at radius 3 is 2.65 bits per heavy atom. The summed E-state index contributed by atoms with van der Waals surface area (Å²) < 4.78 is 26.8. The molecule has 7 heteroatoms. The van der Waals surface area contributed by atoms with Gasteiger partial charge in [0.1, 0.15) is 18.2 Å². The second kappa shape index (κ2) is 4.36. The van der Waals surface area contributed by atoms with Gasteiger partial charge in [0.15, 0.2) is 0 Å². The van der Waals surface area contributed by atoms with Crippen molar-refractivity contribution in [2.24, 2.45) is 0 Å². The minimum Gasteiger partial charge on any atom is -0.352 e. The van der Waals surface area contributed by atoms with E-state index >= 15 is 0 Å². The molecule has 0 atom stereocenters. The lowest BCUT2D eigenvalue weighted by atomic mass is 10.1. The number of benzene rings is 1. The summed E-state index contributed by atoms with van der Waals surface area (Å²) in [6.45, 7) is -0.420. The molecule has 0 spiro atoms. The number of hydrogen-bond donors (Lipinski definition) is 1. The van der Waals surface area contributed by atoms with Crippen LogP contribution < -0.4 is 10.2 Å². The third-order valence-corrected chi connectivity index (χ3v) is 3.24. The molecule has 3 rings (SSSR count). The van der Waals surface area contributed by atoms with E-state index in [9.17, 15) is 23.2 Å². The molecule has 0 aromatic heterocycles. The molecule has 0 radical (unpaired) electrons. The number of carbonyl (C=O) groups is 3. The smallest absolute Gasteiger partial charge is 0.300 e. The molecule has 1 N–H and O–H groups in total. The van der Waals surface area contributed by atoms with Gasteiger partial charge in [0, 0.05) is 12.1 Å². The molecule has 0 saturated heterocycles. The molecule has 1 saturated carbocycles. The van der Waals surface area contributed by atoms with E-state index in [1.807, 2.05) is 0 Å². The van der Waals surface area contributed by atoms with Gasteiger partial charge in [-0.25, -0.2) is 8.78 Å². The maximum Gasteiger partial charge on any atom is 0.300 e. The average Bonchev–Trinajstić information content (AvgIpc) is 3.13. The number of Topliss-reactive ketones (excluding diaryl/α,β-unsaturated/α-hetero) is 1. The number of carbonyl (C=O) groups excluding carboxylic acids is 3. The Kier molecular flexibility index (Phi) is 2.77. The van der Waals surface area contributed by atoms with Gasteiger partial charge in [0.25, 0.3) is 11.7 Å². The molecule has 1 aromatic carbocycles. The molecule has 2 aliphatic rings. The van der Waals surface area contributed by atoms with Gasteiger partial charge in [-0.15, -0.1) is 0 Å². The van der Waals surface area contributed by atoms with Gasteiger partial charge in [-0.1, -0.05) is 0 Å². The molecule has 0 bridgehead atoms. The van der Waals surface area contributed by atoms with E-state index in [1.54, 1.807) is 0 Å². The first-order chi connectivity index (χ1) is 9.47. The van der Waals surface area contributed by atoms with Crippen LogP contribution in [-0.2, 0) is 9.59 Å². The summed E-state index contributed by atoms with van der Waals surface area (Å²) in [6, 6.07) is 1.52. The third-order valence-electron chi connectivity index (χ3n) is 3.24. The van der Waals surface area contributed by atoms with Gasteiger partial charge in [-0.05, 0) is 18.9 Å². The van der Waals surface area contributed by atoms with Gasteiger partial charge in [0.05, 0.1) is 11.3 Å². The lowest BCUT2D eigenvalue weighted by Crippen LogP contribution is -2.40. The zero-order valence-corrected chi connectivity index (χ0v) is 10.3. The number of anilines is 1. The zero-order chi connectivity index (χ0) is 14.4. The molecule has 1 aromatic rings. The minimum atomic E-state index is -1.09. The fourth-order valence-electron chi connectivity index (χ4n) is 2.14. The summed E-state index contributed by atoms with van der Waals surface area (Å²) in [4.78, 5) is 35.9. The van der Waals surface area contributed by atoms with Crippen molar-refractivity contribution in [2.75, 3.05) is 11.4 Å². The van der Waals surface area contributed by atoms with Crippen LogP contribution in [0.15, 0.2) is 12.1 Å². The molecule has 1 heterocycles. The monoisotopic (exact) mass is 280 g/mol. The molecule has 0 unspecified atom stereocenters. The van der Waals surface area contributed by atoms with Crippen LogP contribution >= 0.6 is 0 Å². The van der Waals surface area contributed by atoms with Crippen molar-refractivity contribution in [2.45, 2.75) is 18.9 Å². The van der Waals surface area contributed by atoms with Crippen molar-refractivity contribution in [3.05, 3.63) is 29.3 Å². The highest BCUT2D eigenvalue weighted by Crippen LogP contribution is 2.31. The lowest BCUT2D eigenvalue weighted by molar-refractivity contribution is -0.122. The first-order valence-electron chi connectivity index (χ1n) is 6.12. The van der Waals surface area contributed by atoms with Crippen LogP contribution in [-0.4, -0.2) is 30.2 Å². The molecule has 2 amide bonds. The van der Waals surface area contributed by atoms with Crippen LogP contribution in [0, 0.1) is 11.6 Å². The second-order valence-electron chi connectivity index (χ2n) is 4.84. The van der Waals surface area contributed by atoms with Gasteiger partial charge in [-0.3, -0.25) is 19.3 Å². The van der Waals surface area contributed by atoms with Crippen molar-refractivity contribution in [3.63, 3.8) is 0 Å². The van der Waals surface area contributed by atoms with Crippen LogP contribution in [0.4, 0.5) is 14.5 Å². The molecular formula is C13H10F2N2O3. The van der Waals surface area contributed by atoms with Crippen molar-refractivity contribution >= 4 is 23.3 Å². The standard InChI is InChI=1S/C13H10F2N2O3/c14-6-3-8(15)11-9(4-6)17(13(20)12(11)19)5-10(18)16-7-1-2-7/h3-4,7H,1-2,5H2,(H,16,18). The Labute approximate surface area is 112 Å². The fraction of sp³-hybridized carbons (Fsp3) is 0.308. The average molecular weight is 280 g/mol. The van der Waals surface area contributed by atoms with Crippen LogP contribution in [0.2, 0.25) is 0 Å². The van der Waals surface area contributed by atoms with E-state index in [0.29, 0.717) is 6.07 Å². The van der Waals surface area contributed by atoms with E-state index in [2.05, 4.69) is 5.32 Å². The number of halogens is 2. The molecule has 5 nitrogen and oxygen atoms in total. The van der Waals surface area contributed by atoms with Gasteiger partial charge in [0.2, 0.25) is 5.91 Å². The molecule has 1 aliphatic carbocycles. The van der Waals surface area contributed by atoms with Crippen molar-refractivity contribution < 1.29 is 23.2 Å². The molecule has 1 fully saturated rings. The Hall–Kier alpha value is -2.31. The molecule has 104 valence electrons. The fourth-order valence-corrected chi connectivity index (χ4v) is 2.14. The number of hydrogen-bond acceptors (Lipinski definition) is 3. The van der Waals surface area contributed by atoms with Crippen LogP contribution in [0.3, 0.4) is 0 Å². The number of nitrogens with zero attached hydrogens (tertiary/aromatic N) is 1. The zero-order valence-electron chi connectivity index (χ0n) is 10.3. The van der Waals surface area contributed by atoms with Crippen LogP contribution in [0.1, 0.15) is 23.2 Å². The maximum atomic E-state index is 13.6. The predicted octanol–water partition coefficient (Wildman–Crippen LogP) is 0.773. The number of amides is 2. The normalized spacial score (nSPS) is 17.4. The summed E-state index contributed by atoms with van der Waals surface area (Å²) >= 11 is 0. The predicted molar refractivity (Wildman–Crippen MR) is 64.2 cm³/mol. The Morgan fingerprint density at radius 2 is 2.00 bits per heavy atom. The van der Waals surface area contributed by atoms with Crippen molar-refractivity contribution in [1.29, 1.82) is 0 Å². The maximum absolute atomic E-state index is 13.6. The first-order valence-corrected chi connectivity index (χ1v) is 6.12. The Bertz CT molecular complexity index is 641. The number of fused-ring (bicyclic) bond motifs is 1. The SMILES string of the molecule is O=C(CN1C(=O)C(=O)c2c(F)cc(F)cc21)NC1CC1. The van der Waals surface area contributed by atoms with Gasteiger partial charge < -0.3 is 5.32 Å². The number of rotatable bonds is 3. The first kappa shape index (κ1) is 12.7. The van der Waals surface area contributed by atoms with E-state index in [1.165, 1.54) is 0 Å². The van der Waals surface area contributed by atoms with Gasteiger partial charge in [-0.2, -0.15) is 0 Å². The van der Waals surface area contributed by atoms with Crippen molar-refractivity contribution in [1.82, 2.24) is 5.32 Å². The summed E-state index contributed by atoms with van der Waals surface area (Å²) in [7, 11) is 0. The Morgan fingerprint density at radius 1 is 1.30 bits per heavy atom. The number of nitrogens with one attached hydrogen (secondary N) is 1.